The van der Waals surface area contributed by atoms with Gasteiger partial charge >= 0.3 is 5.97 Å². The predicted octanol–water partition coefficient (Wildman–Crippen LogP) is 3.23. The Bertz CT molecular complexity index is 484. The minimum atomic E-state index is -0.861. The summed E-state index contributed by atoms with van der Waals surface area (Å²) in [6.45, 7) is 1.73. The summed E-state index contributed by atoms with van der Waals surface area (Å²) in [5, 5.41) is 9.17. The first kappa shape index (κ1) is 15.8. The van der Waals surface area contributed by atoms with Crippen molar-refractivity contribution in [3.05, 3.63) is 29.6 Å². The van der Waals surface area contributed by atoms with Gasteiger partial charge in [0, 0.05) is 6.04 Å². The van der Waals surface area contributed by atoms with Crippen LogP contribution in [0.2, 0.25) is 0 Å². The maximum atomic E-state index is 13.9. The van der Waals surface area contributed by atoms with Gasteiger partial charge < -0.3 is 9.84 Å². The number of hydrogen-bond donors (Lipinski definition) is 1. The molecule has 5 heteroatoms. The lowest BCUT2D eigenvalue weighted by Gasteiger charge is -2.30. The van der Waals surface area contributed by atoms with Gasteiger partial charge in [0.15, 0.2) is 11.6 Å². The fourth-order valence-electron chi connectivity index (χ4n) is 2.92. The molecule has 0 bridgehead atoms. The van der Waals surface area contributed by atoms with E-state index in [1.807, 2.05) is 0 Å². The molecule has 1 aromatic rings. The van der Waals surface area contributed by atoms with Gasteiger partial charge in [-0.1, -0.05) is 18.9 Å². The van der Waals surface area contributed by atoms with Gasteiger partial charge in [0.1, 0.15) is 0 Å². The Morgan fingerprint density at radius 1 is 1.33 bits per heavy atom. The van der Waals surface area contributed by atoms with Gasteiger partial charge in [-0.25, -0.2) is 4.39 Å². The van der Waals surface area contributed by atoms with E-state index in [1.165, 1.54) is 26.0 Å². The van der Waals surface area contributed by atoms with Crippen LogP contribution in [0.25, 0.3) is 0 Å². The SMILES string of the molecule is COc1ccc(C(CC(=O)O)N2CCCCCC2)cc1F. The number of rotatable bonds is 5. The molecule has 1 aliphatic heterocycles. The summed E-state index contributed by atoms with van der Waals surface area (Å²) >= 11 is 0. The third-order valence-electron chi connectivity index (χ3n) is 4.01. The van der Waals surface area contributed by atoms with Crippen molar-refractivity contribution in [1.29, 1.82) is 0 Å². The molecule has 1 aliphatic rings. The van der Waals surface area contributed by atoms with Gasteiger partial charge in [-0.05, 0) is 43.6 Å². The molecule has 2 rings (SSSR count). The standard InChI is InChI=1S/C16H22FNO3/c1-21-15-7-6-12(10-13(15)17)14(11-16(19)20)18-8-4-2-3-5-9-18/h6-7,10,14H,2-5,8-9,11H2,1H3,(H,19,20). The molecule has 1 aromatic carbocycles. The lowest BCUT2D eigenvalue weighted by atomic mass is 10.0. The Kier molecular flexibility index (Phi) is 5.56. The molecule has 1 heterocycles. The van der Waals surface area contributed by atoms with Crippen LogP contribution in [-0.2, 0) is 4.79 Å². The predicted molar refractivity (Wildman–Crippen MR) is 78.0 cm³/mol. The maximum absolute atomic E-state index is 13.9. The first-order valence-corrected chi connectivity index (χ1v) is 7.41. The van der Waals surface area contributed by atoms with Crippen molar-refractivity contribution in [2.24, 2.45) is 0 Å². The quantitative estimate of drug-likeness (QED) is 0.906. The normalized spacial score (nSPS) is 18.0. The molecular formula is C16H22FNO3. The Morgan fingerprint density at radius 2 is 2.00 bits per heavy atom. The van der Waals surface area contributed by atoms with Crippen molar-refractivity contribution in [2.45, 2.75) is 38.1 Å². The topological polar surface area (TPSA) is 49.8 Å². The van der Waals surface area contributed by atoms with Gasteiger partial charge in [-0.15, -0.1) is 0 Å². The molecule has 1 N–H and O–H groups in total. The molecule has 0 radical (unpaired) electrons. The van der Waals surface area contributed by atoms with Crippen molar-refractivity contribution >= 4 is 5.97 Å². The van der Waals surface area contributed by atoms with E-state index in [1.54, 1.807) is 12.1 Å². The molecule has 21 heavy (non-hydrogen) atoms. The first-order chi connectivity index (χ1) is 10.1. The third-order valence-corrected chi connectivity index (χ3v) is 4.01. The highest BCUT2D eigenvalue weighted by Crippen LogP contribution is 2.30. The van der Waals surface area contributed by atoms with Crippen molar-refractivity contribution in [3.8, 4) is 5.75 Å². The fourth-order valence-corrected chi connectivity index (χ4v) is 2.92. The van der Waals surface area contributed by atoms with Crippen LogP contribution in [0.3, 0.4) is 0 Å². The van der Waals surface area contributed by atoms with Gasteiger partial charge in [0.25, 0.3) is 0 Å². The number of carboxylic acids is 1. The second kappa shape index (κ2) is 7.41. The molecule has 1 saturated heterocycles. The van der Waals surface area contributed by atoms with Crippen LogP contribution in [0, 0.1) is 5.82 Å². The number of carboxylic acid groups (broad SMARTS) is 1. The summed E-state index contributed by atoms with van der Waals surface area (Å²) in [7, 11) is 1.42. The van der Waals surface area contributed by atoms with E-state index in [0.29, 0.717) is 5.56 Å². The zero-order chi connectivity index (χ0) is 15.2. The molecule has 4 nitrogen and oxygen atoms in total. The zero-order valence-corrected chi connectivity index (χ0v) is 12.3. The highest BCUT2D eigenvalue weighted by molar-refractivity contribution is 5.68. The summed E-state index contributed by atoms with van der Waals surface area (Å²) in [5.74, 6) is -1.12. The van der Waals surface area contributed by atoms with Crippen LogP contribution in [0.5, 0.6) is 5.75 Å². The number of carbonyl (C=O) groups is 1. The number of methoxy groups -OCH3 is 1. The lowest BCUT2D eigenvalue weighted by Crippen LogP contribution is -2.31. The number of likely N-dealkylation sites (tertiary alicyclic amines) is 1. The van der Waals surface area contributed by atoms with Crippen molar-refractivity contribution in [3.63, 3.8) is 0 Å². The molecule has 1 fully saturated rings. The van der Waals surface area contributed by atoms with Crippen LogP contribution >= 0.6 is 0 Å². The molecule has 1 atom stereocenters. The number of aliphatic carboxylic acids is 1. The largest absolute Gasteiger partial charge is 0.494 e. The zero-order valence-electron chi connectivity index (χ0n) is 12.3. The molecule has 1 unspecified atom stereocenters. The maximum Gasteiger partial charge on any atom is 0.305 e. The highest BCUT2D eigenvalue weighted by Gasteiger charge is 2.24. The smallest absolute Gasteiger partial charge is 0.305 e. The van der Waals surface area contributed by atoms with Crippen LogP contribution in [-0.4, -0.2) is 36.2 Å². The molecular weight excluding hydrogens is 273 g/mol. The molecule has 0 aliphatic carbocycles. The highest BCUT2D eigenvalue weighted by atomic mass is 19.1. The van der Waals surface area contributed by atoms with Crippen molar-refractivity contribution in [2.75, 3.05) is 20.2 Å². The number of ether oxygens (including phenoxy) is 1. The number of benzene rings is 1. The van der Waals surface area contributed by atoms with Crippen molar-refractivity contribution < 1.29 is 19.0 Å². The average Bonchev–Trinajstić information content (AvgIpc) is 2.73. The van der Waals surface area contributed by atoms with Gasteiger partial charge in [0.2, 0.25) is 0 Å². The van der Waals surface area contributed by atoms with E-state index in [0.717, 1.165) is 25.9 Å². The van der Waals surface area contributed by atoms with Crippen molar-refractivity contribution in [1.82, 2.24) is 4.90 Å². The lowest BCUT2D eigenvalue weighted by molar-refractivity contribution is -0.138. The molecule has 0 spiro atoms. The van der Waals surface area contributed by atoms with Gasteiger partial charge in [-0.3, -0.25) is 9.69 Å². The molecule has 116 valence electrons. The molecule has 0 saturated carbocycles. The Labute approximate surface area is 124 Å². The van der Waals surface area contributed by atoms with E-state index in [-0.39, 0.29) is 18.2 Å². The first-order valence-electron chi connectivity index (χ1n) is 7.41. The van der Waals surface area contributed by atoms with E-state index in [4.69, 9.17) is 4.74 Å². The summed E-state index contributed by atoms with van der Waals surface area (Å²) in [6.07, 6.45) is 4.47. The van der Waals surface area contributed by atoms with E-state index in [9.17, 15) is 14.3 Å². The van der Waals surface area contributed by atoms with Crippen LogP contribution in [0.4, 0.5) is 4.39 Å². The van der Waals surface area contributed by atoms with Gasteiger partial charge in [-0.2, -0.15) is 0 Å². The average molecular weight is 295 g/mol. The molecule has 0 aromatic heterocycles. The number of hydrogen-bond acceptors (Lipinski definition) is 3. The Balaban J connectivity index is 2.25. The van der Waals surface area contributed by atoms with E-state index >= 15 is 0 Å². The van der Waals surface area contributed by atoms with E-state index in [2.05, 4.69) is 4.90 Å². The second-order valence-electron chi connectivity index (χ2n) is 5.46. The summed E-state index contributed by atoms with van der Waals surface area (Å²) in [5.41, 5.74) is 0.706. The van der Waals surface area contributed by atoms with Crippen LogP contribution < -0.4 is 4.74 Å². The summed E-state index contributed by atoms with van der Waals surface area (Å²) in [6, 6.07) is 4.45. The Hall–Kier alpha value is -1.62. The minimum Gasteiger partial charge on any atom is -0.494 e. The summed E-state index contributed by atoms with van der Waals surface area (Å²) in [4.78, 5) is 13.3. The van der Waals surface area contributed by atoms with Gasteiger partial charge in [0.05, 0.1) is 13.5 Å². The number of nitrogens with zero attached hydrogens (tertiary/aromatic N) is 1. The third kappa shape index (κ3) is 4.17. The fraction of sp³-hybridized carbons (Fsp3) is 0.562. The minimum absolute atomic E-state index is 0.00817. The number of halogens is 1. The molecule has 0 amide bonds. The van der Waals surface area contributed by atoms with Crippen LogP contribution in [0.1, 0.15) is 43.7 Å². The van der Waals surface area contributed by atoms with E-state index < -0.39 is 11.8 Å². The summed E-state index contributed by atoms with van der Waals surface area (Å²) < 4.78 is 18.8. The second-order valence-corrected chi connectivity index (χ2v) is 5.46. The van der Waals surface area contributed by atoms with Crippen LogP contribution in [0.15, 0.2) is 18.2 Å². The monoisotopic (exact) mass is 295 g/mol. The Morgan fingerprint density at radius 3 is 2.52 bits per heavy atom.